The molecule has 21 heavy (non-hydrogen) atoms. The highest BCUT2D eigenvalue weighted by atomic mass is 32.1. The number of anilines is 1. The van der Waals surface area contributed by atoms with Crippen molar-refractivity contribution in [1.82, 2.24) is 4.98 Å². The molecular formula is C16H12N2O2S. The lowest BCUT2D eigenvalue weighted by atomic mass is 10.1. The van der Waals surface area contributed by atoms with E-state index in [2.05, 4.69) is 4.98 Å². The van der Waals surface area contributed by atoms with Crippen LogP contribution in [-0.4, -0.2) is 16.1 Å². The van der Waals surface area contributed by atoms with Gasteiger partial charge in [0.1, 0.15) is 5.01 Å². The number of carboxylic acid groups (broad SMARTS) is 1. The molecule has 0 fully saturated rings. The van der Waals surface area contributed by atoms with Crippen molar-refractivity contribution in [3.05, 3.63) is 60.3 Å². The van der Waals surface area contributed by atoms with E-state index in [9.17, 15) is 9.90 Å². The minimum Gasteiger partial charge on any atom is -0.476 e. The van der Waals surface area contributed by atoms with E-state index in [1.807, 2.05) is 42.5 Å². The molecule has 0 unspecified atom stereocenters. The minimum atomic E-state index is -1.02. The van der Waals surface area contributed by atoms with Crippen LogP contribution in [0.3, 0.4) is 0 Å². The number of hydrogen-bond acceptors (Lipinski definition) is 4. The maximum Gasteiger partial charge on any atom is 0.356 e. The van der Waals surface area contributed by atoms with Crippen LogP contribution >= 0.6 is 11.3 Å². The largest absolute Gasteiger partial charge is 0.476 e. The molecule has 0 radical (unpaired) electrons. The lowest BCUT2D eigenvalue weighted by Crippen LogP contribution is -1.98. The summed E-state index contributed by atoms with van der Waals surface area (Å²) in [5.74, 6) is -1.02. The predicted molar refractivity (Wildman–Crippen MR) is 84.4 cm³/mol. The number of nitrogens with two attached hydrogens (primary N) is 1. The van der Waals surface area contributed by atoms with Crippen molar-refractivity contribution < 1.29 is 9.90 Å². The summed E-state index contributed by atoms with van der Waals surface area (Å²) < 4.78 is 0. The van der Waals surface area contributed by atoms with Gasteiger partial charge >= 0.3 is 5.97 Å². The summed E-state index contributed by atoms with van der Waals surface area (Å²) in [5.41, 5.74) is 8.13. The lowest BCUT2D eigenvalue weighted by Gasteiger charge is -1.97. The van der Waals surface area contributed by atoms with Gasteiger partial charge in [-0.05, 0) is 29.8 Å². The fourth-order valence-electron chi connectivity index (χ4n) is 2.00. The zero-order valence-corrected chi connectivity index (χ0v) is 11.8. The van der Waals surface area contributed by atoms with Crippen molar-refractivity contribution in [2.45, 2.75) is 0 Å². The molecule has 5 heteroatoms. The molecule has 0 amide bonds. The van der Waals surface area contributed by atoms with Gasteiger partial charge in [-0.15, -0.1) is 11.3 Å². The molecule has 0 aliphatic carbocycles. The number of nitrogen functional groups attached to an aromatic ring is 1. The Balaban J connectivity index is 2.13. The Hall–Kier alpha value is -2.66. The normalized spacial score (nSPS) is 10.5. The molecule has 0 saturated heterocycles. The molecular weight excluding hydrogens is 284 g/mol. The molecule has 3 N–H and O–H groups in total. The monoisotopic (exact) mass is 296 g/mol. The number of carbonyl (C=O) groups is 1. The number of nitrogens with zero attached hydrogens (tertiary/aromatic N) is 1. The molecule has 1 aromatic heterocycles. The number of benzene rings is 2. The minimum absolute atomic E-state index is 0.0815. The van der Waals surface area contributed by atoms with E-state index in [1.54, 1.807) is 12.1 Å². The van der Waals surface area contributed by atoms with Crippen LogP contribution in [0, 0.1) is 0 Å². The fourth-order valence-corrected chi connectivity index (χ4v) is 3.07. The molecule has 3 aromatic rings. The molecule has 1 heterocycles. The topological polar surface area (TPSA) is 76.2 Å². The number of aromatic nitrogens is 1. The van der Waals surface area contributed by atoms with Gasteiger partial charge in [-0.3, -0.25) is 0 Å². The summed E-state index contributed by atoms with van der Waals surface area (Å²) in [5, 5.41) is 10.0. The van der Waals surface area contributed by atoms with Crippen LogP contribution < -0.4 is 5.73 Å². The van der Waals surface area contributed by atoms with Crippen LogP contribution in [0.15, 0.2) is 54.6 Å². The Bertz CT molecular complexity index is 780. The average Bonchev–Trinajstić information content (AvgIpc) is 2.94. The van der Waals surface area contributed by atoms with Crippen LogP contribution in [0.5, 0.6) is 0 Å². The van der Waals surface area contributed by atoms with Crippen LogP contribution in [0.4, 0.5) is 5.69 Å². The van der Waals surface area contributed by atoms with E-state index in [4.69, 9.17) is 5.73 Å². The summed E-state index contributed by atoms with van der Waals surface area (Å²) >= 11 is 1.37. The molecule has 0 saturated carbocycles. The number of aromatic carboxylic acids is 1. The van der Waals surface area contributed by atoms with Gasteiger partial charge in [-0.1, -0.05) is 30.3 Å². The highest BCUT2D eigenvalue weighted by Gasteiger charge is 2.19. The van der Waals surface area contributed by atoms with Crippen LogP contribution in [0.25, 0.3) is 21.0 Å². The number of rotatable bonds is 3. The Labute approximate surface area is 125 Å². The number of hydrogen-bond donors (Lipinski definition) is 2. The van der Waals surface area contributed by atoms with E-state index >= 15 is 0 Å². The van der Waals surface area contributed by atoms with Gasteiger partial charge < -0.3 is 10.8 Å². The van der Waals surface area contributed by atoms with Gasteiger partial charge in [0.05, 0.1) is 4.88 Å². The third-order valence-electron chi connectivity index (χ3n) is 3.02. The van der Waals surface area contributed by atoms with Crippen molar-refractivity contribution in [1.29, 1.82) is 0 Å². The second-order valence-electron chi connectivity index (χ2n) is 4.49. The first-order valence-corrected chi connectivity index (χ1v) is 7.12. The quantitative estimate of drug-likeness (QED) is 0.721. The molecule has 104 valence electrons. The van der Waals surface area contributed by atoms with E-state index < -0.39 is 5.97 Å². The van der Waals surface area contributed by atoms with Gasteiger partial charge in [0, 0.05) is 11.3 Å². The first kappa shape index (κ1) is 13.3. The Morgan fingerprint density at radius 3 is 2.29 bits per heavy atom. The predicted octanol–water partition coefficient (Wildman–Crippen LogP) is 3.76. The van der Waals surface area contributed by atoms with Crippen molar-refractivity contribution in [3.63, 3.8) is 0 Å². The van der Waals surface area contributed by atoms with Crippen molar-refractivity contribution in [2.75, 3.05) is 5.73 Å². The number of carboxylic acids is 1. The molecule has 0 atom stereocenters. The van der Waals surface area contributed by atoms with Crippen LogP contribution in [0.1, 0.15) is 10.5 Å². The highest BCUT2D eigenvalue weighted by molar-refractivity contribution is 7.18. The van der Waals surface area contributed by atoms with Gasteiger partial charge in [-0.25, -0.2) is 9.78 Å². The Morgan fingerprint density at radius 1 is 1.00 bits per heavy atom. The Kier molecular flexibility index (Phi) is 3.41. The summed E-state index contributed by atoms with van der Waals surface area (Å²) in [6, 6.07) is 16.7. The summed E-state index contributed by atoms with van der Waals surface area (Å²) in [6.45, 7) is 0. The second-order valence-corrected chi connectivity index (χ2v) is 5.49. The van der Waals surface area contributed by atoms with Crippen molar-refractivity contribution in [2.24, 2.45) is 0 Å². The maximum absolute atomic E-state index is 11.4. The van der Waals surface area contributed by atoms with Crippen LogP contribution in [0.2, 0.25) is 0 Å². The molecule has 3 rings (SSSR count). The summed E-state index contributed by atoms with van der Waals surface area (Å²) in [4.78, 5) is 16.3. The summed E-state index contributed by atoms with van der Waals surface area (Å²) in [7, 11) is 0. The third kappa shape index (κ3) is 2.64. The van der Waals surface area contributed by atoms with E-state index in [-0.39, 0.29) is 5.69 Å². The lowest BCUT2D eigenvalue weighted by molar-refractivity contribution is 0.0692. The van der Waals surface area contributed by atoms with Crippen molar-refractivity contribution in [3.8, 4) is 21.0 Å². The fraction of sp³-hybridized carbons (Fsp3) is 0. The van der Waals surface area contributed by atoms with Gasteiger partial charge in [0.25, 0.3) is 0 Å². The molecule has 2 aromatic carbocycles. The molecule has 0 aliphatic heterocycles. The van der Waals surface area contributed by atoms with Crippen LogP contribution in [-0.2, 0) is 0 Å². The molecule has 0 bridgehead atoms. The van der Waals surface area contributed by atoms with E-state index in [0.717, 1.165) is 11.1 Å². The Morgan fingerprint density at radius 2 is 1.67 bits per heavy atom. The molecule has 4 nitrogen and oxygen atoms in total. The van der Waals surface area contributed by atoms with Gasteiger partial charge in [0.15, 0.2) is 5.69 Å². The average molecular weight is 296 g/mol. The number of thiazole rings is 1. The SMILES string of the molecule is Nc1ccc(-c2nc(C(=O)O)c(-c3ccccc3)s2)cc1. The van der Waals surface area contributed by atoms with E-state index in [0.29, 0.717) is 15.6 Å². The highest BCUT2D eigenvalue weighted by Crippen LogP contribution is 2.35. The molecule has 0 spiro atoms. The first-order valence-electron chi connectivity index (χ1n) is 6.30. The van der Waals surface area contributed by atoms with E-state index in [1.165, 1.54) is 11.3 Å². The smallest absolute Gasteiger partial charge is 0.356 e. The third-order valence-corrected chi connectivity index (χ3v) is 4.18. The second kappa shape index (κ2) is 5.38. The standard InChI is InChI=1S/C16H12N2O2S/c17-12-8-6-11(7-9-12)15-18-13(16(19)20)14(21-15)10-4-2-1-3-5-10/h1-9H,17H2,(H,19,20). The van der Waals surface area contributed by atoms with Gasteiger partial charge in [0.2, 0.25) is 0 Å². The zero-order valence-electron chi connectivity index (χ0n) is 11.0. The first-order chi connectivity index (χ1) is 10.1. The maximum atomic E-state index is 11.4. The zero-order chi connectivity index (χ0) is 14.8. The van der Waals surface area contributed by atoms with Crippen molar-refractivity contribution >= 4 is 23.0 Å². The molecule has 0 aliphatic rings. The summed E-state index contributed by atoms with van der Waals surface area (Å²) in [6.07, 6.45) is 0. The van der Waals surface area contributed by atoms with Gasteiger partial charge in [-0.2, -0.15) is 0 Å².